The number of hydrogen-bond donors (Lipinski definition) is 1. The van der Waals surface area contributed by atoms with Crippen molar-refractivity contribution in [3.63, 3.8) is 0 Å². The highest BCUT2D eigenvalue weighted by molar-refractivity contribution is 7.92. The van der Waals surface area contributed by atoms with E-state index in [1.54, 1.807) is 31.4 Å². The lowest BCUT2D eigenvalue weighted by Gasteiger charge is -2.21. The summed E-state index contributed by atoms with van der Waals surface area (Å²) in [5.41, 5.74) is 2.62. The van der Waals surface area contributed by atoms with E-state index in [2.05, 4.69) is 5.32 Å². The molecular weight excluding hydrogens is 400 g/mol. The highest BCUT2D eigenvalue weighted by Gasteiger charge is 2.23. The van der Waals surface area contributed by atoms with Crippen LogP contribution < -0.4 is 14.4 Å². The largest absolute Gasteiger partial charge is 0.497 e. The van der Waals surface area contributed by atoms with Crippen LogP contribution in [0, 0.1) is 6.92 Å². The van der Waals surface area contributed by atoms with E-state index < -0.39 is 10.0 Å². The van der Waals surface area contributed by atoms with Crippen molar-refractivity contribution in [1.29, 1.82) is 0 Å². The van der Waals surface area contributed by atoms with Crippen LogP contribution in [0.2, 0.25) is 0 Å². The molecule has 0 bridgehead atoms. The number of aryl methyl sites for hydroxylation is 1. The molecule has 0 aliphatic carbocycles. The summed E-state index contributed by atoms with van der Waals surface area (Å²) in [6.45, 7) is 2.17. The Balaban J connectivity index is 1.77. The van der Waals surface area contributed by atoms with E-state index in [-0.39, 0.29) is 16.4 Å². The fourth-order valence-corrected chi connectivity index (χ4v) is 4.34. The van der Waals surface area contributed by atoms with Crippen LogP contribution in [0.3, 0.4) is 0 Å². The van der Waals surface area contributed by atoms with Gasteiger partial charge in [-0.15, -0.1) is 0 Å². The second-order valence-electron chi connectivity index (χ2n) is 6.82. The van der Waals surface area contributed by atoms with Crippen molar-refractivity contribution in [2.45, 2.75) is 18.4 Å². The van der Waals surface area contributed by atoms with Gasteiger partial charge in [-0.3, -0.25) is 9.10 Å². The van der Waals surface area contributed by atoms with Crippen molar-refractivity contribution in [2.75, 3.05) is 18.5 Å². The zero-order valence-electron chi connectivity index (χ0n) is 17.1. The first kappa shape index (κ1) is 21.4. The van der Waals surface area contributed by atoms with Crippen LogP contribution in [0.5, 0.6) is 5.75 Å². The second-order valence-corrected chi connectivity index (χ2v) is 8.79. The van der Waals surface area contributed by atoms with Gasteiger partial charge in [0.1, 0.15) is 5.75 Å². The summed E-state index contributed by atoms with van der Waals surface area (Å²) in [5.74, 6) is 0.391. The Morgan fingerprint density at radius 3 is 2.37 bits per heavy atom. The Labute approximate surface area is 177 Å². The molecule has 7 heteroatoms. The summed E-state index contributed by atoms with van der Waals surface area (Å²) in [4.78, 5) is 12.6. The predicted molar refractivity (Wildman–Crippen MR) is 117 cm³/mol. The van der Waals surface area contributed by atoms with Crippen LogP contribution >= 0.6 is 0 Å². The zero-order valence-corrected chi connectivity index (χ0v) is 17.9. The molecule has 0 saturated carbocycles. The van der Waals surface area contributed by atoms with Gasteiger partial charge in [0.05, 0.1) is 17.7 Å². The Morgan fingerprint density at radius 2 is 1.70 bits per heavy atom. The standard InChI is InChI=1S/C23H24N2O4S/c1-17-7-4-5-10-22(17)25(2)30(27,28)21-9-6-8-19(15-21)23(26)24-16-18-11-13-20(29-3)14-12-18/h4-15H,16H2,1-3H3,(H,24,26). The topological polar surface area (TPSA) is 75.7 Å². The van der Waals surface area contributed by atoms with Gasteiger partial charge in [-0.1, -0.05) is 36.4 Å². The number of benzene rings is 3. The number of carbonyl (C=O) groups is 1. The summed E-state index contributed by atoms with van der Waals surface area (Å²) in [6, 6.07) is 20.6. The Kier molecular flexibility index (Phi) is 6.42. The van der Waals surface area contributed by atoms with Crippen molar-refractivity contribution in [3.05, 3.63) is 89.5 Å². The second kappa shape index (κ2) is 9.00. The lowest BCUT2D eigenvalue weighted by molar-refractivity contribution is 0.0950. The molecule has 3 aromatic rings. The summed E-state index contributed by atoms with van der Waals surface area (Å²) < 4.78 is 32.5. The third-order valence-electron chi connectivity index (χ3n) is 4.82. The number of nitrogens with zero attached hydrogens (tertiary/aromatic N) is 1. The molecule has 3 rings (SSSR count). The van der Waals surface area contributed by atoms with Crippen molar-refractivity contribution < 1.29 is 17.9 Å². The van der Waals surface area contributed by atoms with Crippen LogP contribution in [0.25, 0.3) is 0 Å². The molecule has 30 heavy (non-hydrogen) atoms. The highest BCUT2D eigenvalue weighted by atomic mass is 32.2. The molecule has 0 radical (unpaired) electrons. The van der Waals surface area contributed by atoms with E-state index in [0.717, 1.165) is 16.9 Å². The number of hydrogen-bond acceptors (Lipinski definition) is 4. The minimum atomic E-state index is -3.81. The van der Waals surface area contributed by atoms with Crippen molar-refractivity contribution in [2.24, 2.45) is 0 Å². The van der Waals surface area contributed by atoms with Crippen LogP contribution in [0.1, 0.15) is 21.5 Å². The first-order chi connectivity index (χ1) is 14.3. The molecule has 0 atom stereocenters. The third-order valence-corrected chi connectivity index (χ3v) is 6.59. The summed E-state index contributed by atoms with van der Waals surface area (Å²) in [6.07, 6.45) is 0. The van der Waals surface area contributed by atoms with E-state index in [4.69, 9.17) is 4.74 Å². The maximum Gasteiger partial charge on any atom is 0.264 e. The number of nitrogens with one attached hydrogen (secondary N) is 1. The van der Waals surface area contributed by atoms with Crippen molar-refractivity contribution >= 4 is 21.6 Å². The fourth-order valence-electron chi connectivity index (χ4n) is 3.03. The average Bonchev–Trinajstić information content (AvgIpc) is 2.77. The molecule has 156 valence electrons. The van der Waals surface area contributed by atoms with Gasteiger partial charge < -0.3 is 10.1 Å². The van der Waals surface area contributed by atoms with E-state index in [9.17, 15) is 13.2 Å². The number of amides is 1. The fraction of sp³-hybridized carbons (Fsp3) is 0.174. The van der Waals surface area contributed by atoms with Gasteiger partial charge in [0, 0.05) is 19.2 Å². The molecular formula is C23H24N2O4S. The molecule has 0 spiro atoms. The molecule has 0 heterocycles. The van der Waals surface area contributed by atoms with Crippen molar-refractivity contribution in [1.82, 2.24) is 5.32 Å². The molecule has 1 amide bonds. The van der Waals surface area contributed by atoms with Gasteiger partial charge in [-0.25, -0.2) is 8.42 Å². The lowest BCUT2D eigenvalue weighted by Crippen LogP contribution is -2.28. The third kappa shape index (κ3) is 4.63. The molecule has 3 aromatic carbocycles. The summed E-state index contributed by atoms with van der Waals surface area (Å²) in [7, 11) is -0.706. The molecule has 0 aliphatic rings. The van der Waals surface area contributed by atoms with Gasteiger partial charge in [-0.05, 0) is 54.4 Å². The monoisotopic (exact) mass is 424 g/mol. The molecule has 0 aromatic heterocycles. The molecule has 0 saturated heterocycles. The SMILES string of the molecule is COc1ccc(CNC(=O)c2cccc(S(=O)(=O)N(C)c3ccccc3C)c2)cc1. The smallest absolute Gasteiger partial charge is 0.264 e. The zero-order chi connectivity index (χ0) is 21.7. The van der Waals surface area contributed by atoms with Crippen molar-refractivity contribution in [3.8, 4) is 5.75 Å². The average molecular weight is 425 g/mol. The first-order valence-electron chi connectivity index (χ1n) is 9.38. The molecule has 6 nitrogen and oxygen atoms in total. The van der Waals surface area contributed by atoms with Crippen LogP contribution in [-0.4, -0.2) is 28.5 Å². The van der Waals surface area contributed by atoms with Crippen LogP contribution in [0.15, 0.2) is 77.7 Å². The number of carbonyl (C=O) groups excluding carboxylic acids is 1. The number of para-hydroxylation sites is 1. The van der Waals surface area contributed by atoms with E-state index in [1.807, 2.05) is 43.3 Å². The van der Waals surface area contributed by atoms with Gasteiger partial charge in [0.25, 0.3) is 15.9 Å². The number of anilines is 1. The molecule has 1 N–H and O–H groups in total. The van der Waals surface area contributed by atoms with E-state index in [0.29, 0.717) is 12.2 Å². The van der Waals surface area contributed by atoms with Crippen LogP contribution in [0.4, 0.5) is 5.69 Å². The molecule has 0 unspecified atom stereocenters. The number of sulfonamides is 1. The number of ether oxygens (including phenoxy) is 1. The normalized spacial score (nSPS) is 11.0. The van der Waals surface area contributed by atoms with Crippen LogP contribution in [-0.2, 0) is 16.6 Å². The van der Waals surface area contributed by atoms with Gasteiger partial charge in [0.15, 0.2) is 0 Å². The lowest BCUT2D eigenvalue weighted by atomic mass is 10.2. The first-order valence-corrected chi connectivity index (χ1v) is 10.8. The van der Waals surface area contributed by atoms with Gasteiger partial charge in [-0.2, -0.15) is 0 Å². The van der Waals surface area contributed by atoms with E-state index in [1.165, 1.54) is 23.5 Å². The molecule has 0 aliphatic heterocycles. The summed E-state index contributed by atoms with van der Waals surface area (Å²) in [5, 5.41) is 2.81. The quantitative estimate of drug-likeness (QED) is 0.627. The Bertz CT molecular complexity index is 1140. The summed E-state index contributed by atoms with van der Waals surface area (Å²) >= 11 is 0. The minimum Gasteiger partial charge on any atom is -0.497 e. The number of rotatable bonds is 7. The molecule has 0 fully saturated rings. The highest BCUT2D eigenvalue weighted by Crippen LogP contribution is 2.25. The maximum absolute atomic E-state index is 13.1. The maximum atomic E-state index is 13.1. The minimum absolute atomic E-state index is 0.0605. The number of methoxy groups -OCH3 is 1. The van der Waals surface area contributed by atoms with Gasteiger partial charge >= 0.3 is 0 Å². The Morgan fingerprint density at radius 1 is 1.00 bits per heavy atom. The van der Waals surface area contributed by atoms with E-state index >= 15 is 0 Å². The predicted octanol–water partition coefficient (Wildman–Crippen LogP) is 3.76. The Hall–Kier alpha value is -3.32. The van der Waals surface area contributed by atoms with Gasteiger partial charge in [0.2, 0.25) is 0 Å².